The number of carbonyl (C=O) groups is 1. The van der Waals surface area contributed by atoms with E-state index < -0.39 is 12.1 Å². The number of fused-ring (bicyclic) bond motifs is 3. The van der Waals surface area contributed by atoms with Crippen LogP contribution in [0.3, 0.4) is 0 Å². The van der Waals surface area contributed by atoms with Crippen LogP contribution < -0.4 is 23.7 Å². The molecule has 0 aromatic heterocycles. The van der Waals surface area contributed by atoms with E-state index in [1.807, 2.05) is 25.2 Å². The van der Waals surface area contributed by atoms with Crippen LogP contribution in [0.15, 0.2) is 18.2 Å². The minimum atomic E-state index is -0.430. The van der Waals surface area contributed by atoms with Gasteiger partial charge in [0, 0.05) is 17.7 Å². The van der Waals surface area contributed by atoms with Crippen LogP contribution in [0.2, 0.25) is 0 Å². The molecule has 0 aliphatic carbocycles. The lowest BCUT2D eigenvalue weighted by molar-refractivity contribution is 0.00807. The highest BCUT2D eigenvalue weighted by molar-refractivity contribution is 5.98. The number of hydrogen-bond donors (Lipinski definition) is 0. The number of esters is 1. The monoisotopic (exact) mass is 413 g/mol. The molecule has 0 fully saturated rings. The van der Waals surface area contributed by atoms with E-state index in [9.17, 15) is 4.79 Å². The zero-order chi connectivity index (χ0) is 21.0. The molecule has 2 atom stereocenters. The van der Waals surface area contributed by atoms with Gasteiger partial charge in [-0.15, -0.1) is 0 Å². The molecule has 30 heavy (non-hydrogen) atoms. The second kappa shape index (κ2) is 6.98. The fraction of sp³-hybridized carbons (Fsp3) is 0.409. The van der Waals surface area contributed by atoms with Gasteiger partial charge in [-0.3, -0.25) is 4.90 Å². The van der Waals surface area contributed by atoms with E-state index in [2.05, 4.69) is 4.90 Å². The van der Waals surface area contributed by atoms with Crippen molar-refractivity contribution in [2.45, 2.75) is 25.1 Å². The summed E-state index contributed by atoms with van der Waals surface area (Å²) in [6, 6.07) is 5.62. The highest BCUT2D eigenvalue weighted by Crippen LogP contribution is 2.50. The third kappa shape index (κ3) is 2.60. The van der Waals surface area contributed by atoms with Gasteiger partial charge in [0.1, 0.15) is 11.7 Å². The van der Waals surface area contributed by atoms with Crippen LogP contribution in [-0.4, -0.2) is 52.1 Å². The van der Waals surface area contributed by atoms with Gasteiger partial charge in [-0.25, -0.2) is 4.79 Å². The van der Waals surface area contributed by atoms with Crippen LogP contribution >= 0.6 is 0 Å². The molecule has 3 aliphatic heterocycles. The molecule has 8 nitrogen and oxygen atoms in total. The third-order valence-electron chi connectivity index (χ3n) is 6.09. The van der Waals surface area contributed by atoms with Crippen LogP contribution in [0.4, 0.5) is 0 Å². The van der Waals surface area contributed by atoms with E-state index >= 15 is 0 Å². The number of ether oxygens (including phenoxy) is 6. The Morgan fingerprint density at radius 1 is 1.07 bits per heavy atom. The Morgan fingerprint density at radius 3 is 2.60 bits per heavy atom. The van der Waals surface area contributed by atoms with E-state index in [0.29, 0.717) is 47.3 Å². The quantitative estimate of drug-likeness (QED) is 0.709. The molecular formula is C22H23NO7. The highest BCUT2D eigenvalue weighted by Gasteiger charge is 2.44. The van der Waals surface area contributed by atoms with Gasteiger partial charge in [-0.1, -0.05) is 6.07 Å². The first-order valence-electron chi connectivity index (χ1n) is 9.71. The largest absolute Gasteiger partial charge is 0.493 e. The van der Waals surface area contributed by atoms with Crippen molar-refractivity contribution >= 4 is 5.97 Å². The molecule has 2 unspecified atom stereocenters. The predicted octanol–water partition coefficient (Wildman–Crippen LogP) is 2.71. The molecule has 0 bridgehead atoms. The summed E-state index contributed by atoms with van der Waals surface area (Å²) in [5.74, 6) is 2.53. The zero-order valence-electron chi connectivity index (χ0n) is 17.3. The summed E-state index contributed by atoms with van der Waals surface area (Å²) in [7, 11) is 6.73. The Balaban J connectivity index is 1.56. The number of carbonyl (C=O) groups excluding carboxylic acids is 1. The normalized spacial score (nSPS) is 21.7. The summed E-state index contributed by atoms with van der Waals surface area (Å²) in [5.41, 5.74) is 3.40. The van der Waals surface area contributed by atoms with Crippen molar-refractivity contribution in [2.24, 2.45) is 0 Å². The fourth-order valence-electron chi connectivity index (χ4n) is 4.68. The van der Waals surface area contributed by atoms with Gasteiger partial charge in [0.15, 0.2) is 23.0 Å². The molecule has 8 heteroatoms. The molecular weight excluding hydrogens is 390 g/mol. The molecule has 0 saturated heterocycles. The maximum absolute atomic E-state index is 12.8. The van der Waals surface area contributed by atoms with E-state index in [0.717, 1.165) is 16.7 Å². The zero-order valence-corrected chi connectivity index (χ0v) is 17.3. The molecule has 2 aromatic carbocycles. The lowest BCUT2D eigenvalue weighted by atomic mass is 9.87. The number of methoxy groups -OCH3 is 3. The number of nitrogens with zero attached hydrogens (tertiary/aromatic N) is 1. The SMILES string of the molecule is COc1ccc2c(c1OC)C(=O)OC2C1Cc2c(cc3c(c2OC)OCO3)CN1C. The summed E-state index contributed by atoms with van der Waals surface area (Å²) < 4.78 is 33.5. The molecule has 5 rings (SSSR count). The molecule has 3 heterocycles. The van der Waals surface area contributed by atoms with Crippen molar-refractivity contribution in [3.8, 4) is 28.7 Å². The van der Waals surface area contributed by atoms with Crippen molar-refractivity contribution < 1.29 is 33.2 Å². The van der Waals surface area contributed by atoms with Crippen LogP contribution in [0, 0.1) is 0 Å². The molecule has 0 radical (unpaired) electrons. The standard InChI is InChI=1S/C22H23NO7/c1-23-9-11-7-16-21(29-10-28-16)19(26-3)13(11)8-14(23)18-12-5-6-15(25-2)20(27-4)17(12)22(24)30-18/h5-7,14,18H,8-10H2,1-4H3. The Morgan fingerprint density at radius 2 is 1.87 bits per heavy atom. The molecule has 0 amide bonds. The summed E-state index contributed by atoms with van der Waals surface area (Å²) >= 11 is 0. The maximum Gasteiger partial charge on any atom is 0.343 e. The van der Waals surface area contributed by atoms with Gasteiger partial charge in [0.25, 0.3) is 0 Å². The minimum Gasteiger partial charge on any atom is -0.493 e. The summed E-state index contributed by atoms with van der Waals surface area (Å²) in [4.78, 5) is 14.9. The van der Waals surface area contributed by atoms with Crippen molar-refractivity contribution in [1.29, 1.82) is 0 Å². The van der Waals surface area contributed by atoms with E-state index in [1.165, 1.54) is 7.11 Å². The Labute approximate surface area is 174 Å². The second-order valence-corrected chi connectivity index (χ2v) is 7.56. The Kier molecular flexibility index (Phi) is 4.39. The third-order valence-corrected chi connectivity index (χ3v) is 6.09. The fourth-order valence-corrected chi connectivity index (χ4v) is 4.68. The van der Waals surface area contributed by atoms with Crippen molar-refractivity contribution in [1.82, 2.24) is 4.90 Å². The molecule has 3 aliphatic rings. The first-order valence-corrected chi connectivity index (χ1v) is 9.71. The van der Waals surface area contributed by atoms with Gasteiger partial charge < -0.3 is 28.4 Å². The van der Waals surface area contributed by atoms with E-state index in [1.54, 1.807) is 14.2 Å². The molecule has 158 valence electrons. The average Bonchev–Trinajstić information content (AvgIpc) is 3.35. The lowest BCUT2D eigenvalue weighted by Gasteiger charge is -2.37. The summed E-state index contributed by atoms with van der Waals surface area (Å²) in [6.45, 7) is 0.854. The van der Waals surface area contributed by atoms with Gasteiger partial charge in [0.05, 0.1) is 27.4 Å². The number of likely N-dealkylation sites (N-methyl/N-ethyl adjacent to an activating group) is 1. The predicted molar refractivity (Wildman–Crippen MR) is 106 cm³/mol. The van der Waals surface area contributed by atoms with Gasteiger partial charge >= 0.3 is 5.97 Å². The molecule has 0 saturated carbocycles. The maximum atomic E-state index is 12.8. The van der Waals surface area contributed by atoms with Crippen LogP contribution in [-0.2, 0) is 17.7 Å². The van der Waals surface area contributed by atoms with Crippen LogP contribution in [0.5, 0.6) is 28.7 Å². The molecule has 2 aromatic rings. The van der Waals surface area contributed by atoms with Crippen molar-refractivity contribution in [3.05, 3.63) is 40.5 Å². The van der Waals surface area contributed by atoms with Gasteiger partial charge in [0.2, 0.25) is 12.5 Å². The van der Waals surface area contributed by atoms with Gasteiger partial charge in [-0.05, 0) is 31.2 Å². The van der Waals surface area contributed by atoms with Crippen molar-refractivity contribution in [3.63, 3.8) is 0 Å². The lowest BCUT2D eigenvalue weighted by Crippen LogP contribution is -2.42. The minimum absolute atomic E-state index is 0.0740. The second-order valence-electron chi connectivity index (χ2n) is 7.56. The smallest absolute Gasteiger partial charge is 0.343 e. The Hall–Kier alpha value is -3.13. The first-order chi connectivity index (χ1) is 14.6. The highest BCUT2D eigenvalue weighted by atomic mass is 16.7. The number of cyclic esters (lactones) is 1. The average molecular weight is 413 g/mol. The van der Waals surface area contributed by atoms with E-state index in [-0.39, 0.29) is 12.8 Å². The number of hydrogen-bond acceptors (Lipinski definition) is 8. The van der Waals surface area contributed by atoms with E-state index in [4.69, 9.17) is 28.4 Å². The number of rotatable bonds is 4. The summed E-state index contributed by atoms with van der Waals surface area (Å²) in [5, 5.41) is 0. The van der Waals surface area contributed by atoms with Gasteiger partial charge in [-0.2, -0.15) is 0 Å². The topological polar surface area (TPSA) is 75.7 Å². The molecule has 0 N–H and O–H groups in total. The van der Waals surface area contributed by atoms with Crippen LogP contribution in [0.1, 0.15) is 33.2 Å². The van der Waals surface area contributed by atoms with Crippen LogP contribution in [0.25, 0.3) is 0 Å². The summed E-state index contributed by atoms with van der Waals surface area (Å²) in [6.07, 6.45) is 0.206. The van der Waals surface area contributed by atoms with Crippen molar-refractivity contribution in [2.75, 3.05) is 35.2 Å². The first kappa shape index (κ1) is 18.9. The molecule has 0 spiro atoms. The Bertz CT molecular complexity index is 1030. The number of benzene rings is 2.